The number of anilines is 3. The molecule has 0 aliphatic heterocycles. The van der Waals surface area contributed by atoms with Gasteiger partial charge in [-0.25, -0.2) is 13.4 Å². The molecule has 0 saturated heterocycles. The van der Waals surface area contributed by atoms with Gasteiger partial charge in [0.15, 0.2) is 0 Å². The monoisotopic (exact) mass is 398 g/mol. The van der Waals surface area contributed by atoms with Gasteiger partial charge in [-0.3, -0.25) is 4.72 Å². The van der Waals surface area contributed by atoms with E-state index in [0.29, 0.717) is 10.7 Å². The van der Waals surface area contributed by atoms with Gasteiger partial charge >= 0.3 is 0 Å². The van der Waals surface area contributed by atoms with Crippen LogP contribution in [0.5, 0.6) is 0 Å². The van der Waals surface area contributed by atoms with Crippen molar-refractivity contribution in [2.45, 2.75) is 0 Å². The van der Waals surface area contributed by atoms with Crippen LogP contribution in [-0.4, -0.2) is 14.7 Å². The van der Waals surface area contributed by atoms with Crippen LogP contribution in [0.1, 0.15) is 0 Å². The van der Waals surface area contributed by atoms with E-state index in [-0.39, 0.29) is 0 Å². The molecule has 27 heavy (non-hydrogen) atoms. The van der Waals surface area contributed by atoms with E-state index in [4.69, 9.17) is 11.6 Å². The Balaban J connectivity index is 1.81. The molecule has 3 aromatic carbocycles. The number of hydrogen-bond acceptors (Lipinski definition) is 3. The minimum atomic E-state index is -3.30. The van der Waals surface area contributed by atoms with Crippen molar-refractivity contribution in [2.24, 2.45) is 0 Å². The smallest absolute Gasteiger partial charge is 0.229 e. The van der Waals surface area contributed by atoms with Gasteiger partial charge < -0.3 is 5.32 Å². The molecule has 0 aliphatic carbocycles. The summed E-state index contributed by atoms with van der Waals surface area (Å²) in [5.74, 6) is 0. The van der Waals surface area contributed by atoms with Crippen LogP contribution in [0.25, 0.3) is 21.8 Å². The van der Waals surface area contributed by atoms with Gasteiger partial charge in [-0.05, 0) is 42.5 Å². The first kappa shape index (κ1) is 17.6. The van der Waals surface area contributed by atoms with Crippen LogP contribution in [0.4, 0.5) is 17.1 Å². The molecule has 1 heterocycles. The van der Waals surface area contributed by atoms with Crippen LogP contribution in [0, 0.1) is 0 Å². The number of H-pyrrole nitrogens is 1. The molecule has 0 bridgehead atoms. The van der Waals surface area contributed by atoms with E-state index in [0.717, 1.165) is 39.4 Å². The third-order valence-corrected chi connectivity index (χ3v) is 5.02. The number of aromatic amines is 1. The lowest BCUT2D eigenvalue weighted by Crippen LogP contribution is -2.09. The fourth-order valence-corrected chi connectivity index (χ4v) is 3.78. The first-order valence-electron chi connectivity index (χ1n) is 8.27. The van der Waals surface area contributed by atoms with Crippen molar-refractivity contribution in [2.75, 3.05) is 16.3 Å². The van der Waals surface area contributed by atoms with Crippen molar-refractivity contribution in [1.82, 2.24) is 0 Å². The first-order valence-corrected chi connectivity index (χ1v) is 10.5. The molecular formula is C20H17ClN3O2S+. The standard InChI is InChI=1S/C20H16ClN3O2S/c1-27(25,26)24-15-9-7-14(8-10-15)22-20-16-4-2-3-5-18(16)23-19-11-6-13(21)12-17(19)20/h2-12,24H,1H3,(H,22,23)/p+1. The van der Waals surface area contributed by atoms with E-state index in [1.807, 2.05) is 54.6 Å². The number of sulfonamides is 1. The molecule has 0 saturated carbocycles. The Bertz CT molecular complexity index is 1260. The van der Waals surface area contributed by atoms with Crippen LogP contribution < -0.4 is 15.0 Å². The molecule has 4 rings (SSSR count). The molecule has 5 nitrogen and oxygen atoms in total. The lowest BCUT2D eigenvalue weighted by Gasteiger charge is -2.12. The van der Waals surface area contributed by atoms with Crippen molar-refractivity contribution < 1.29 is 13.4 Å². The van der Waals surface area contributed by atoms with Crippen LogP contribution in [-0.2, 0) is 10.0 Å². The normalized spacial score (nSPS) is 11.6. The van der Waals surface area contributed by atoms with Gasteiger partial charge in [0.1, 0.15) is 0 Å². The van der Waals surface area contributed by atoms with Crippen molar-refractivity contribution >= 4 is 60.5 Å². The zero-order valence-electron chi connectivity index (χ0n) is 14.5. The summed E-state index contributed by atoms with van der Waals surface area (Å²) in [6.45, 7) is 0. The zero-order valence-corrected chi connectivity index (χ0v) is 16.0. The Morgan fingerprint density at radius 1 is 0.852 bits per heavy atom. The molecular weight excluding hydrogens is 382 g/mol. The van der Waals surface area contributed by atoms with Gasteiger partial charge in [0.2, 0.25) is 21.1 Å². The highest BCUT2D eigenvalue weighted by Gasteiger charge is 2.14. The summed E-state index contributed by atoms with van der Waals surface area (Å²) < 4.78 is 25.2. The summed E-state index contributed by atoms with van der Waals surface area (Å²) >= 11 is 6.22. The maximum Gasteiger partial charge on any atom is 0.229 e. The fraction of sp³-hybridized carbons (Fsp3) is 0.0500. The summed E-state index contributed by atoms with van der Waals surface area (Å²) in [7, 11) is -3.30. The predicted molar refractivity (Wildman–Crippen MR) is 111 cm³/mol. The van der Waals surface area contributed by atoms with E-state index in [2.05, 4.69) is 15.0 Å². The number of para-hydroxylation sites is 1. The van der Waals surface area contributed by atoms with Crippen LogP contribution in [0.15, 0.2) is 66.7 Å². The average molecular weight is 399 g/mol. The number of benzene rings is 3. The Morgan fingerprint density at radius 2 is 1.52 bits per heavy atom. The maximum absolute atomic E-state index is 11.4. The number of hydrogen-bond donors (Lipinski definition) is 2. The lowest BCUT2D eigenvalue weighted by molar-refractivity contribution is -0.310. The Labute approximate surface area is 162 Å². The van der Waals surface area contributed by atoms with Gasteiger partial charge in [0.05, 0.1) is 22.7 Å². The molecule has 7 heteroatoms. The van der Waals surface area contributed by atoms with Gasteiger partial charge in [0.25, 0.3) is 0 Å². The van der Waals surface area contributed by atoms with Crippen molar-refractivity contribution in [3.63, 3.8) is 0 Å². The molecule has 1 aromatic heterocycles. The quantitative estimate of drug-likeness (QED) is 0.494. The number of aromatic nitrogens is 1. The highest BCUT2D eigenvalue weighted by atomic mass is 35.5. The average Bonchev–Trinajstić information content (AvgIpc) is 2.62. The van der Waals surface area contributed by atoms with E-state index < -0.39 is 10.0 Å². The summed E-state index contributed by atoms with van der Waals surface area (Å²) in [4.78, 5) is 3.42. The third kappa shape index (κ3) is 3.82. The third-order valence-electron chi connectivity index (χ3n) is 4.17. The molecule has 3 N–H and O–H groups in total. The molecule has 0 atom stereocenters. The summed E-state index contributed by atoms with van der Waals surface area (Å²) in [5.41, 5.74) is 4.26. The number of fused-ring (bicyclic) bond motifs is 2. The number of rotatable bonds is 4. The van der Waals surface area contributed by atoms with Gasteiger partial charge in [-0.2, -0.15) is 0 Å². The van der Waals surface area contributed by atoms with E-state index in [1.165, 1.54) is 0 Å². The predicted octanol–water partition coefficient (Wildman–Crippen LogP) is 4.58. The van der Waals surface area contributed by atoms with Crippen LogP contribution in [0.2, 0.25) is 5.02 Å². The second-order valence-corrected chi connectivity index (χ2v) is 8.50. The van der Waals surface area contributed by atoms with E-state index in [1.54, 1.807) is 12.1 Å². The van der Waals surface area contributed by atoms with E-state index >= 15 is 0 Å². The Hall–Kier alpha value is -2.83. The van der Waals surface area contributed by atoms with Gasteiger partial charge in [-0.15, -0.1) is 0 Å². The molecule has 136 valence electrons. The largest absolute Gasteiger partial charge is 0.354 e. The number of pyridine rings is 1. The van der Waals surface area contributed by atoms with Gasteiger partial charge in [0, 0.05) is 28.5 Å². The SMILES string of the molecule is CS(=O)(=O)Nc1ccc(Nc2c3ccccc3[nH+]c3ccc(Cl)cc23)cc1. The Kier molecular flexibility index (Phi) is 4.37. The summed E-state index contributed by atoms with van der Waals surface area (Å²) in [6, 6.07) is 20.8. The summed E-state index contributed by atoms with van der Waals surface area (Å²) in [5, 5.41) is 6.11. The molecule has 0 fully saturated rings. The van der Waals surface area contributed by atoms with Crippen molar-refractivity contribution in [3.8, 4) is 0 Å². The number of nitrogens with one attached hydrogen (secondary N) is 3. The molecule has 0 aliphatic rings. The van der Waals surface area contributed by atoms with Crippen molar-refractivity contribution in [3.05, 3.63) is 71.8 Å². The minimum Gasteiger partial charge on any atom is -0.354 e. The zero-order chi connectivity index (χ0) is 19.0. The van der Waals surface area contributed by atoms with E-state index in [9.17, 15) is 8.42 Å². The highest BCUT2D eigenvalue weighted by molar-refractivity contribution is 7.92. The number of halogens is 1. The molecule has 0 unspecified atom stereocenters. The van der Waals surface area contributed by atoms with Crippen molar-refractivity contribution in [1.29, 1.82) is 0 Å². The molecule has 0 radical (unpaired) electrons. The maximum atomic E-state index is 11.4. The van der Waals surface area contributed by atoms with Gasteiger partial charge in [-0.1, -0.05) is 23.7 Å². The highest BCUT2D eigenvalue weighted by Crippen LogP contribution is 2.33. The van der Waals surface area contributed by atoms with Crippen LogP contribution in [0.3, 0.4) is 0 Å². The lowest BCUT2D eigenvalue weighted by atomic mass is 10.1. The minimum absolute atomic E-state index is 0.516. The molecule has 0 spiro atoms. The first-order chi connectivity index (χ1) is 12.9. The Morgan fingerprint density at radius 3 is 2.26 bits per heavy atom. The molecule has 4 aromatic rings. The van der Waals surface area contributed by atoms with Crippen LogP contribution >= 0.6 is 11.6 Å². The fourth-order valence-electron chi connectivity index (χ4n) is 3.05. The summed E-state index contributed by atoms with van der Waals surface area (Å²) in [6.07, 6.45) is 1.13. The molecule has 0 amide bonds. The second kappa shape index (κ2) is 6.72. The second-order valence-electron chi connectivity index (χ2n) is 6.31. The topological polar surface area (TPSA) is 72.3 Å².